The highest BCUT2D eigenvalue weighted by Crippen LogP contribution is 2.44. The van der Waals surface area contributed by atoms with Crippen LogP contribution < -0.4 is 4.74 Å². The number of ether oxygens (including phenoxy) is 2. The zero-order chi connectivity index (χ0) is 32.7. The first kappa shape index (κ1) is 34.6. The van der Waals surface area contributed by atoms with E-state index in [0.29, 0.717) is 32.3 Å². The van der Waals surface area contributed by atoms with Gasteiger partial charge in [0.05, 0.1) is 13.7 Å². The third kappa shape index (κ3) is 8.59. The quantitative estimate of drug-likeness (QED) is 0.467. The number of rotatable bonds is 5. The van der Waals surface area contributed by atoms with Gasteiger partial charge in [-0.1, -0.05) is 24.6 Å². The second-order valence-corrected chi connectivity index (χ2v) is 10.3. The maximum atomic E-state index is 13.9. The molecule has 10 nitrogen and oxygen atoms in total. The molecule has 1 amide bonds. The molecule has 0 radical (unpaired) electrons. The number of methoxy groups -OCH3 is 1. The second-order valence-electron chi connectivity index (χ2n) is 10.3. The van der Waals surface area contributed by atoms with Crippen molar-refractivity contribution in [2.75, 3.05) is 33.4 Å². The highest BCUT2D eigenvalue weighted by molar-refractivity contribution is 5.88. The molecule has 2 atom stereocenters. The predicted molar refractivity (Wildman–Crippen MR) is 141 cm³/mol. The average molecular weight is 636 g/mol. The van der Waals surface area contributed by atoms with Crippen molar-refractivity contribution >= 4 is 17.8 Å². The van der Waals surface area contributed by atoms with Crippen LogP contribution in [-0.2, 0) is 25.7 Å². The van der Waals surface area contributed by atoms with Crippen molar-refractivity contribution in [3.05, 3.63) is 59.9 Å². The fraction of sp³-hybridized carbons (Fsp3) is 0.500. The third-order valence-electron chi connectivity index (χ3n) is 7.48. The molecule has 2 unspecified atom stereocenters. The molecular formula is C28H31F6N3O7. The summed E-state index contributed by atoms with van der Waals surface area (Å²) in [5.74, 6) is -4.56. The number of carbonyl (C=O) groups excluding carboxylic acids is 1. The minimum atomic E-state index is -5.08. The Morgan fingerprint density at radius 3 is 2.09 bits per heavy atom. The van der Waals surface area contributed by atoms with Gasteiger partial charge in [-0.2, -0.15) is 26.3 Å². The van der Waals surface area contributed by atoms with E-state index in [1.54, 1.807) is 13.3 Å². The molecular weight excluding hydrogens is 604 g/mol. The number of halogens is 6. The Hall–Kier alpha value is -3.92. The number of morpholine rings is 1. The van der Waals surface area contributed by atoms with Gasteiger partial charge in [-0.05, 0) is 42.2 Å². The molecule has 1 aliphatic carbocycles. The molecule has 1 aromatic carbocycles. The van der Waals surface area contributed by atoms with Crippen molar-refractivity contribution < 1.29 is 60.4 Å². The summed E-state index contributed by atoms with van der Waals surface area (Å²) in [7, 11) is 1.66. The standard InChI is InChI=1S/C24H29N3O3.2C2HF3O2/c1-29-21-9-7-18(8-10-21)15-26-12-13-30-24(23(26)28)17-27(20-5-2-6-20)16-22(24)19-4-3-11-25-14-19;2*3-2(4,5)1(6)7/h3-4,7-11,14,20,22H,2,5-6,12-13,15-17H2,1H3;2*(H,6,7). The van der Waals surface area contributed by atoms with E-state index in [1.807, 2.05) is 41.4 Å². The van der Waals surface area contributed by atoms with E-state index in [-0.39, 0.29) is 11.8 Å². The van der Waals surface area contributed by atoms with E-state index in [9.17, 15) is 31.1 Å². The van der Waals surface area contributed by atoms with E-state index in [1.165, 1.54) is 19.3 Å². The van der Waals surface area contributed by atoms with Gasteiger partial charge in [-0.15, -0.1) is 0 Å². The van der Waals surface area contributed by atoms with Crippen molar-refractivity contribution in [2.24, 2.45) is 0 Å². The van der Waals surface area contributed by atoms with Gasteiger partial charge in [0, 0.05) is 50.5 Å². The van der Waals surface area contributed by atoms with Crippen LogP contribution in [0.25, 0.3) is 0 Å². The number of aliphatic carboxylic acids is 2. The van der Waals surface area contributed by atoms with Gasteiger partial charge >= 0.3 is 24.3 Å². The normalized spacial score (nSPS) is 22.3. The number of carboxylic acids is 2. The van der Waals surface area contributed by atoms with Crippen LogP contribution in [0.5, 0.6) is 5.75 Å². The summed E-state index contributed by atoms with van der Waals surface area (Å²) in [6.45, 7) is 3.32. The van der Waals surface area contributed by atoms with Crippen LogP contribution in [0.15, 0.2) is 48.8 Å². The Balaban J connectivity index is 0.000000317. The molecule has 0 bridgehead atoms. The van der Waals surface area contributed by atoms with Crippen LogP contribution in [0.4, 0.5) is 26.3 Å². The van der Waals surface area contributed by atoms with Gasteiger partial charge in [0.15, 0.2) is 5.60 Å². The molecule has 16 heteroatoms. The fourth-order valence-electron chi connectivity index (χ4n) is 5.08. The highest BCUT2D eigenvalue weighted by atomic mass is 19.4. The lowest BCUT2D eigenvalue weighted by Gasteiger charge is -2.43. The maximum absolute atomic E-state index is 13.9. The summed E-state index contributed by atoms with van der Waals surface area (Å²) in [4.78, 5) is 40.4. The number of carboxylic acid groups (broad SMARTS) is 2. The molecule has 3 heterocycles. The average Bonchev–Trinajstić information content (AvgIpc) is 3.30. The second kappa shape index (κ2) is 14.2. The Morgan fingerprint density at radius 1 is 1.05 bits per heavy atom. The van der Waals surface area contributed by atoms with E-state index in [4.69, 9.17) is 29.3 Å². The minimum absolute atomic E-state index is 0.0120. The van der Waals surface area contributed by atoms with Crippen molar-refractivity contribution in [1.82, 2.24) is 14.8 Å². The maximum Gasteiger partial charge on any atom is 0.490 e. The molecule has 2 saturated heterocycles. The Labute approximate surface area is 248 Å². The van der Waals surface area contributed by atoms with Crippen LogP contribution >= 0.6 is 0 Å². The molecule has 2 aromatic rings. The summed E-state index contributed by atoms with van der Waals surface area (Å²) in [6, 6.07) is 12.6. The van der Waals surface area contributed by atoms with E-state index in [0.717, 1.165) is 23.4 Å². The van der Waals surface area contributed by atoms with E-state index in [2.05, 4.69) is 16.0 Å². The molecule has 3 fully saturated rings. The van der Waals surface area contributed by atoms with Crippen molar-refractivity contribution in [3.63, 3.8) is 0 Å². The molecule has 242 valence electrons. The number of benzene rings is 1. The summed E-state index contributed by atoms with van der Waals surface area (Å²) in [5, 5.41) is 14.2. The zero-order valence-corrected chi connectivity index (χ0v) is 23.5. The Kier molecular flexibility index (Phi) is 11.2. The number of likely N-dealkylation sites (tertiary alicyclic amines) is 1. The molecule has 44 heavy (non-hydrogen) atoms. The van der Waals surface area contributed by atoms with Crippen LogP contribution in [0.2, 0.25) is 0 Å². The van der Waals surface area contributed by atoms with Crippen LogP contribution in [0.3, 0.4) is 0 Å². The lowest BCUT2D eigenvalue weighted by molar-refractivity contribution is -0.193. The zero-order valence-electron chi connectivity index (χ0n) is 23.5. The number of hydrogen-bond acceptors (Lipinski definition) is 7. The lowest BCUT2D eigenvalue weighted by atomic mass is 9.83. The molecule has 2 N–H and O–H groups in total. The van der Waals surface area contributed by atoms with Gasteiger partial charge in [-0.3, -0.25) is 14.7 Å². The molecule has 1 spiro atoms. The smallest absolute Gasteiger partial charge is 0.490 e. The minimum Gasteiger partial charge on any atom is -0.497 e. The van der Waals surface area contributed by atoms with Gasteiger partial charge in [-0.25, -0.2) is 9.59 Å². The first-order chi connectivity index (χ1) is 20.6. The van der Waals surface area contributed by atoms with Crippen molar-refractivity contribution in [2.45, 2.75) is 55.7 Å². The topological polar surface area (TPSA) is 130 Å². The van der Waals surface area contributed by atoms with Gasteiger partial charge in [0.1, 0.15) is 5.75 Å². The number of hydrogen-bond donors (Lipinski definition) is 2. The van der Waals surface area contributed by atoms with E-state index >= 15 is 0 Å². The molecule has 2 aliphatic heterocycles. The SMILES string of the molecule is COc1ccc(CN2CCOC3(CN(C4CCC4)CC3c3cccnc3)C2=O)cc1.O=C(O)C(F)(F)F.O=C(O)C(F)(F)F. The molecule has 1 aromatic heterocycles. The van der Waals surface area contributed by atoms with Crippen molar-refractivity contribution in [1.29, 1.82) is 0 Å². The first-order valence-electron chi connectivity index (χ1n) is 13.4. The summed E-state index contributed by atoms with van der Waals surface area (Å²) < 4.78 is 75.1. The van der Waals surface area contributed by atoms with Gasteiger partial charge < -0.3 is 24.6 Å². The molecule has 1 saturated carbocycles. The lowest BCUT2D eigenvalue weighted by Crippen LogP contribution is -2.60. The highest BCUT2D eigenvalue weighted by Gasteiger charge is 2.58. The summed E-state index contributed by atoms with van der Waals surface area (Å²) in [5.41, 5.74) is 1.38. The number of amides is 1. The Morgan fingerprint density at radius 2 is 1.64 bits per heavy atom. The monoisotopic (exact) mass is 635 g/mol. The first-order valence-corrected chi connectivity index (χ1v) is 13.4. The number of carbonyl (C=O) groups is 3. The third-order valence-corrected chi connectivity index (χ3v) is 7.48. The summed E-state index contributed by atoms with van der Waals surface area (Å²) in [6.07, 6.45) is -2.76. The Bertz CT molecular complexity index is 1250. The summed E-state index contributed by atoms with van der Waals surface area (Å²) >= 11 is 0. The molecule has 5 rings (SSSR count). The van der Waals surface area contributed by atoms with Crippen LogP contribution in [-0.4, -0.2) is 100 Å². The van der Waals surface area contributed by atoms with Gasteiger partial charge in [0.25, 0.3) is 5.91 Å². The van der Waals surface area contributed by atoms with Gasteiger partial charge in [0.2, 0.25) is 0 Å². The number of aromatic nitrogens is 1. The van der Waals surface area contributed by atoms with Crippen LogP contribution in [0, 0.1) is 0 Å². The molecule has 3 aliphatic rings. The van der Waals surface area contributed by atoms with Crippen LogP contribution in [0.1, 0.15) is 36.3 Å². The van der Waals surface area contributed by atoms with Crippen molar-refractivity contribution in [3.8, 4) is 5.75 Å². The number of nitrogens with zero attached hydrogens (tertiary/aromatic N) is 3. The fourth-order valence-corrected chi connectivity index (χ4v) is 5.08. The predicted octanol–water partition coefficient (Wildman–Crippen LogP) is 4.11. The number of pyridine rings is 1. The van der Waals surface area contributed by atoms with E-state index < -0.39 is 29.9 Å². The largest absolute Gasteiger partial charge is 0.497 e. The number of alkyl halides is 6.